The van der Waals surface area contributed by atoms with Gasteiger partial charge in [0.25, 0.3) is 0 Å². The maximum atomic E-state index is 12.9. The van der Waals surface area contributed by atoms with Crippen LogP contribution >= 0.6 is 30.2 Å². The molecule has 7 rings (SSSR count). The molecule has 0 radical (unpaired) electrons. The summed E-state index contributed by atoms with van der Waals surface area (Å²) in [6.45, 7) is 38.0. The first-order valence-electron chi connectivity index (χ1n) is 22.1. The molecule has 0 saturated carbocycles. The molecule has 3 aliphatic rings. The Bertz CT molecular complexity index is 2420. The van der Waals surface area contributed by atoms with E-state index in [4.69, 9.17) is 37.4 Å². The van der Waals surface area contributed by atoms with Gasteiger partial charge in [-0.15, -0.1) is 0 Å². The van der Waals surface area contributed by atoms with Crippen molar-refractivity contribution in [3.8, 4) is 11.5 Å². The van der Waals surface area contributed by atoms with E-state index in [9.17, 15) is 19.3 Å². The summed E-state index contributed by atoms with van der Waals surface area (Å²) in [7, 11) is -6.58. The van der Waals surface area contributed by atoms with E-state index in [2.05, 4.69) is 26.1 Å². The van der Waals surface area contributed by atoms with Gasteiger partial charge in [0.2, 0.25) is 0 Å². The highest BCUT2D eigenvalue weighted by Gasteiger charge is 2.64. The number of aliphatic hydroxyl groups is 2. The van der Waals surface area contributed by atoms with Gasteiger partial charge in [0.05, 0.1) is 91.2 Å². The van der Waals surface area contributed by atoms with Gasteiger partial charge in [-0.05, 0) is 166 Å². The van der Waals surface area contributed by atoms with E-state index in [1.165, 1.54) is 0 Å². The van der Waals surface area contributed by atoms with Crippen molar-refractivity contribution in [2.45, 2.75) is 156 Å². The van der Waals surface area contributed by atoms with Crippen LogP contribution in [0.5, 0.6) is 11.5 Å². The third-order valence-electron chi connectivity index (χ3n) is 12.7. The van der Waals surface area contributed by atoms with E-state index in [-0.39, 0.29) is 35.6 Å². The zero-order valence-electron chi connectivity index (χ0n) is 42.6. The molecule has 0 spiro atoms. The number of pyridine rings is 2. The molecule has 4 aromatic heterocycles. The van der Waals surface area contributed by atoms with Crippen molar-refractivity contribution in [3.63, 3.8) is 0 Å². The molecule has 16 nitrogen and oxygen atoms in total. The lowest BCUT2D eigenvalue weighted by molar-refractivity contribution is 0.00578. The predicted octanol–water partition coefficient (Wildman–Crippen LogP) is 6.77. The first kappa shape index (κ1) is 54.7. The van der Waals surface area contributed by atoms with Crippen molar-refractivity contribution in [1.29, 1.82) is 0 Å². The zero-order valence-corrected chi connectivity index (χ0v) is 46.0. The average molecular weight is 1020 g/mol. The Morgan fingerprint density at radius 1 is 0.591 bits per heavy atom. The number of nitrogens with zero attached hydrogens (tertiary/aromatic N) is 4. The van der Waals surface area contributed by atoms with Crippen molar-refractivity contribution in [1.82, 2.24) is 19.2 Å². The van der Waals surface area contributed by atoms with E-state index >= 15 is 0 Å². The average Bonchev–Trinajstić information content (AvgIpc) is 3.89. The molecule has 3 saturated heterocycles. The number of fused-ring (bicyclic) bond motifs is 2. The van der Waals surface area contributed by atoms with E-state index in [1.807, 2.05) is 89.2 Å². The summed E-state index contributed by atoms with van der Waals surface area (Å²) >= 11 is 3.47. The van der Waals surface area contributed by atoms with Gasteiger partial charge in [-0.25, -0.2) is 9.03 Å². The Morgan fingerprint density at radius 3 is 1.26 bits per heavy atom. The first-order valence-corrected chi connectivity index (χ1v) is 28.1. The number of hydrogen-bond donors (Lipinski definition) is 2. The molecule has 66 heavy (non-hydrogen) atoms. The molecular formula is C44H72B3BrN4O12P2. The minimum absolute atomic E-state index is 0.121. The van der Waals surface area contributed by atoms with Gasteiger partial charge in [-0.2, -0.15) is 10.2 Å². The molecule has 0 amide bonds. The lowest BCUT2D eigenvalue weighted by Gasteiger charge is -2.32. The van der Waals surface area contributed by atoms with Gasteiger partial charge in [0.15, 0.2) is 0 Å². The van der Waals surface area contributed by atoms with Crippen LogP contribution in [0.15, 0.2) is 41.4 Å². The summed E-state index contributed by atoms with van der Waals surface area (Å²) in [5.74, 6) is 1.11. The molecule has 3 aliphatic heterocycles. The maximum Gasteiger partial charge on any atom is 0.497 e. The molecule has 22 heteroatoms. The van der Waals surface area contributed by atoms with Crippen LogP contribution in [0, 0.1) is 0 Å². The molecular weight excluding hydrogens is 951 g/mol. The van der Waals surface area contributed by atoms with Crippen LogP contribution in [0.2, 0.25) is 0 Å². The van der Waals surface area contributed by atoms with Crippen LogP contribution in [-0.2, 0) is 37.1 Å². The predicted molar refractivity (Wildman–Crippen MR) is 268 cm³/mol. The monoisotopic (exact) mass is 1020 g/mol. The number of aromatic nitrogens is 4. The normalized spacial score (nSPS) is 20.9. The van der Waals surface area contributed by atoms with E-state index in [1.54, 1.807) is 94.2 Å². The molecule has 0 unspecified atom stereocenters. The number of ether oxygens (including phenoxy) is 2. The van der Waals surface area contributed by atoms with Crippen LogP contribution < -0.4 is 25.5 Å². The Balaban J connectivity index is 0.000000192. The summed E-state index contributed by atoms with van der Waals surface area (Å²) < 4.78 is 76.8. The third kappa shape index (κ3) is 12.2. The molecule has 0 aromatic carbocycles. The number of halogens is 1. The molecule has 0 atom stereocenters. The van der Waals surface area contributed by atoms with Crippen molar-refractivity contribution >= 4 is 78.5 Å². The molecule has 0 bridgehead atoms. The van der Waals surface area contributed by atoms with Crippen LogP contribution in [0.3, 0.4) is 0 Å². The molecule has 3 fully saturated rings. The molecule has 0 aliphatic carbocycles. The second-order valence-electron chi connectivity index (χ2n) is 22.5. The third-order valence-corrected chi connectivity index (χ3v) is 16.3. The van der Waals surface area contributed by atoms with Crippen molar-refractivity contribution in [2.24, 2.45) is 0 Å². The van der Waals surface area contributed by atoms with Crippen molar-refractivity contribution < 1.29 is 56.7 Å². The summed E-state index contributed by atoms with van der Waals surface area (Å²) in [5.41, 5.74) is -2.14. The highest BCUT2D eigenvalue weighted by atomic mass is 79.9. The smallest absolute Gasteiger partial charge is 0.489 e. The SMILES string of the molecule is CC(C)(O)COc1cc(B2OC(C)(C)C(C)(C)O2)c2c(P(C)(C)=O)cnn2c1.CC(C)(O)COc1cc(Br)c2c(P(C)(C)=O)cnn2c1.CC1(C)OB(B2OC(C)(C)C(C)(C)O2)OC1(C)C. The van der Waals surface area contributed by atoms with Crippen LogP contribution in [-0.4, -0.2) is 135 Å². The second-order valence-corrected chi connectivity index (χ2v) is 29.8. The van der Waals surface area contributed by atoms with Gasteiger partial charge >= 0.3 is 21.1 Å². The zero-order chi connectivity index (χ0) is 50.2. The van der Waals surface area contributed by atoms with Crippen molar-refractivity contribution in [2.75, 3.05) is 39.9 Å². The molecule has 2 N–H and O–H groups in total. The van der Waals surface area contributed by atoms with Gasteiger partial charge in [-0.3, -0.25) is 0 Å². The van der Waals surface area contributed by atoms with Crippen molar-refractivity contribution in [3.05, 3.63) is 41.4 Å². The van der Waals surface area contributed by atoms with E-state index in [0.717, 1.165) is 15.3 Å². The number of hydrogen-bond acceptors (Lipinski definition) is 14. The lowest BCUT2D eigenvalue weighted by atomic mass is 9.49. The minimum Gasteiger partial charge on any atom is -0.489 e. The summed E-state index contributed by atoms with van der Waals surface area (Å²) in [4.78, 5) is 0. The highest BCUT2D eigenvalue weighted by molar-refractivity contribution is 9.10. The maximum absolute atomic E-state index is 12.9. The molecule has 7 heterocycles. The second kappa shape index (κ2) is 18.2. The van der Waals surface area contributed by atoms with E-state index < -0.39 is 57.8 Å². The fourth-order valence-electron chi connectivity index (χ4n) is 6.76. The fraction of sp³-hybridized carbons (Fsp3) is 0.682. The quantitative estimate of drug-likeness (QED) is 0.125. The highest BCUT2D eigenvalue weighted by Crippen LogP contribution is 2.44. The summed E-state index contributed by atoms with van der Waals surface area (Å²) in [6, 6.07) is 3.62. The molecule has 366 valence electrons. The standard InChI is InChI=1S/C19H30BN2O5P.C13H18BrN2O3P.C12H24B2O4/c1-17(2,23)12-25-13-9-14(20-26-18(3,4)19(5,6)27-20)16-15(28(7,8)24)10-21-22(16)11-13;1-13(2,17)8-19-9-5-10(14)12-11(20(3,4)18)6-15-16(12)7-9;1-9(2)10(3,4)16-13(15-9)14-17-11(5,6)12(7,8)18-14/h9-11,23H,12H2,1-8H3;5-7,17H,8H2,1-4H3;1-8H3. The summed E-state index contributed by atoms with van der Waals surface area (Å²) in [5, 5.41) is 29.7. The van der Waals surface area contributed by atoms with E-state index in [0.29, 0.717) is 27.8 Å². The fourth-order valence-corrected chi connectivity index (χ4v) is 9.67. The lowest BCUT2D eigenvalue weighted by Crippen LogP contribution is -2.41. The van der Waals surface area contributed by atoms with Gasteiger partial charge in [0.1, 0.15) is 39.0 Å². The van der Waals surface area contributed by atoms with Crippen LogP contribution in [0.1, 0.15) is 111 Å². The topological polar surface area (TPSA) is 183 Å². The Kier molecular flexibility index (Phi) is 15.1. The van der Waals surface area contributed by atoms with Gasteiger partial charge in [0, 0.05) is 9.94 Å². The van der Waals surface area contributed by atoms with Gasteiger partial charge < -0.3 is 56.7 Å². The molecule has 4 aromatic rings. The Hall–Kier alpha value is -2.21. The summed E-state index contributed by atoms with van der Waals surface area (Å²) in [6.07, 6.45) is 6.69. The first-order chi connectivity index (χ1) is 29.6. The number of rotatable bonds is 10. The minimum atomic E-state index is -2.58. The van der Waals surface area contributed by atoms with Crippen LogP contribution in [0.25, 0.3) is 11.0 Å². The Labute approximate surface area is 401 Å². The Morgan fingerprint density at radius 2 is 0.909 bits per heavy atom. The largest absolute Gasteiger partial charge is 0.497 e. The van der Waals surface area contributed by atoms with Crippen LogP contribution in [0.4, 0.5) is 0 Å². The van der Waals surface area contributed by atoms with Gasteiger partial charge in [-0.1, -0.05) is 0 Å².